The molecule has 4 heteroatoms. The molecule has 1 heterocycles. The molecule has 0 amide bonds. The SMILES string of the molecule is NC1CCC(Nc2ccc(N3CCOCC3)cc2)CC1. The van der Waals surface area contributed by atoms with Gasteiger partial charge >= 0.3 is 0 Å². The molecule has 1 aromatic rings. The summed E-state index contributed by atoms with van der Waals surface area (Å²) in [5.74, 6) is 0. The van der Waals surface area contributed by atoms with E-state index in [0.717, 1.165) is 39.1 Å². The van der Waals surface area contributed by atoms with Gasteiger partial charge < -0.3 is 20.7 Å². The van der Waals surface area contributed by atoms with Crippen molar-refractivity contribution in [3.05, 3.63) is 24.3 Å². The van der Waals surface area contributed by atoms with E-state index in [4.69, 9.17) is 10.5 Å². The fourth-order valence-corrected chi connectivity index (χ4v) is 3.09. The van der Waals surface area contributed by atoms with Crippen LogP contribution in [0.4, 0.5) is 11.4 Å². The van der Waals surface area contributed by atoms with Crippen LogP contribution in [0.2, 0.25) is 0 Å². The van der Waals surface area contributed by atoms with Gasteiger partial charge in [0.25, 0.3) is 0 Å². The molecule has 1 aromatic carbocycles. The summed E-state index contributed by atoms with van der Waals surface area (Å²) in [4.78, 5) is 2.38. The van der Waals surface area contributed by atoms with E-state index in [2.05, 4.69) is 34.5 Å². The molecule has 1 saturated carbocycles. The van der Waals surface area contributed by atoms with Crippen LogP contribution in [-0.2, 0) is 4.74 Å². The van der Waals surface area contributed by atoms with E-state index in [9.17, 15) is 0 Å². The molecular formula is C16H25N3O. The van der Waals surface area contributed by atoms with Crippen molar-refractivity contribution >= 4 is 11.4 Å². The topological polar surface area (TPSA) is 50.5 Å². The fraction of sp³-hybridized carbons (Fsp3) is 0.625. The van der Waals surface area contributed by atoms with E-state index in [1.54, 1.807) is 0 Å². The maximum atomic E-state index is 5.95. The number of nitrogens with zero attached hydrogens (tertiary/aromatic N) is 1. The van der Waals surface area contributed by atoms with Crippen molar-refractivity contribution in [3.8, 4) is 0 Å². The molecule has 1 saturated heterocycles. The second-order valence-corrected chi connectivity index (χ2v) is 5.90. The highest BCUT2D eigenvalue weighted by molar-refractivity contribution is 5.55. The van der Waals surface area contributed by atoms with E-state index < -0.39 is 0 Å². The lowest BCUT2D eigenvalue weighted by atomic mass is 9.91. The molecule has 110 valence electrons. The van der Waals surface area contributed by atoms with Crippen LogP contribution in [0.3, 0.4) is 0 Å². The third kappa shape index (κ3) is 3.44. The summed E-state index contributed by atoms with van der Waals surface area (Å²) in [6.07, 6.45) is 4.66. The second kappa shape index (κ2) is 6.46. The summed E-state index contributed by atoms with van der Waals surface area (Å²) in [6, 6.07) is 9.81. The number of morpholine rings is 1. The van der Waals surface area contributed by atoms with Gasteiger partial charge in [0.1, 0.15) is 0 Å². The zero-order chi connectivity index (χ0) is 13.8. The minimum atomic E-state index is 0.414. The van der Waals surface area contributed by atoms with Crippen LogP contribution < -0.4 is 16.0 Å². The van der Waals surface area contributed by atoms with Crippen LogP contribution in [0.1, 0.15) is 25.7 Å². The standard InChI is InChI=1S/C16H25N3O/c17-13-1-3-14(4-2-13)18-15-5-7-16(8-6-15)19-9-11-20-12-10-19/h5-8,13-14,18H,1-4,9-12,17H2. The number of anilines is 2. The first-order chi connectivity index (χ1) is 9.81. The summed E-state index contributed by atoms with van der Waals surface area (Å²) in [5.41, 5.74) is 8.47. The highest BCUT2D eigenvalue weighted by Crippen LogP contribution is 2.23. The Kier molecular flexibility index (Phi) is 4.43. The lowest BCUT2D eigenvalue weighted by molar-refractivity contribution is 0.122. The Labute approximate surface area is 121 Å². The van der Waals surface area contributed by atoms with Crippen molar-refractivity contribution < 1.29 is 4.74 Å². The molecule has 0 unspecified atom stereocenters. The lowest BCUT2D eigenvalue weighted by Crippen LogP contribution is -2.36. The van der Waals surface area contributed by atoms with Crippen LogP contribution in [0, 0.1) is 0 Å². The molecule has 2 aliphatic rings. The molecule has 3 rings (SSSR count). The van der Waals surface area contributed by atoms with Gasteiger partial charge in [-0.25, -0.2) is 0 Å². The van der Waals surface area contributed by atoms with Crippen molar-refractivity contribution in [1.82, 2.24) is 0 Å². The molecule has 20 heavy (non-hydrogen) atoms. The first kappa shape index (κ1) is 13.7. The number of hydrogen-bond donors (Lipinski definition) is 2. The minimum absolute atomic E-state index is 0.414. The molecule has 0 aromatic heterocycles. The Balaban J connectivity index is 1.55. The van der Waals surface area contributed by atoms with Crippen molar-refractivity contribution in [2.45, 2.75) is 37.8 Å². The third-order valence-corrected chi connectivity index (χ3v) is 4.39. The molecule has 4 nitrogen and oxygen atoms in total. The molecule has 0 atom stereocenters. The van der Waals surface area contributed by atoms with Gasteiger partial charge in [-0.15, -0.1) is 0 Å². The van der Waals surface area contributed by atoms with E-state index in [1.165, 1.54) is 24.2 Å². The van der Waals surface area contributed by atoms with Crippen LogP contribution in [0.25, 0.3) is 0 Å². The van der Waals surface area contributed by atoms with Crippen LogP contribution in [0.15, 0.2) is 24.3 Å². The molecule has 0 bridgehead atoms. The highest BCUT2D eigenvalue weighted by Gasteiger charge is 2.18. The van der Waals surface area contributed by atoms with Crippen molar-refractivity contribution in [1.29, 1.82) is 0 Å². The van der Waals surface area contributed by atoms with Gasteiger partial charge in [0, 0.05) is 36.5 Å². The van der Waals surface area contributed by atoms with Gasteiger partial charge in [0.2, 0.25) is 0 Å². The molecule has 1 aliphatic carbocycles. The Morgan fingerprint density at radius 1 is 1.00 bits per heavy atom. The maximum absolute atomic E-state index is 5.95. The van der Waals surface area contributed by atoms with Crippen molar-refractivity contribution in [2.75, 3.05) is 36.5 Å². The van der Waals surface area contributed by atoms with Crippen LogP contribution in [0.5, 0.6) is 0 Å². The van der Waals surface area contributed by atoms with E-state index in [1.807, 2.05) is 0 Å². The number of hydrogen-bond acceptors (Lipinski definition) is 4. The summed E-state index contributed by atoms with van der Waals surface area (Å²) in [5, 5.41) is 3.63. The minimum Gasteiger partial charge on any atom is -0.382 e. The Hall–Kier alpha value is -1.26. The molecular weight excluding hydrogens is 250 g/mol. The lowest BCUT2D eigenvalue weighted by Gasteiger charge is -2.30. The van der Waals surface area contributed by atoms with Gasteiger partial charge in [-0.2, -0.15) is 0 Å². The van der Waals surface area contributed by atoms with Crippen LogP contribution in [-0.4, -0.2) is 38.4 Å². The number of nitrogens with two attached hydrogens (primary N) is 1. The fourth-order valence-electron chi connectivity index (χ4n) is 3.09. The second-order valence-electron chi connectivity index (χ2n) is 5.90. The first-order valence-electron chi connectivity index (χ1n) is 7.76. The molecule has 1 aliphatic heterocycles. The Bertz CT molecular complexity index is 406. The van der Waals surface area contributed by atoms with Gasteiger partial charge in [-0.3, -0.25) is 0 Å². The number of ether oxygens (including phenoxy) is 1. The van der Waals surface area contributed by atoms with Gasteiger partial charge in [0.15, 0.2) is 0 Å². The molecule has 2 fully saturated rings. The van der Waals surface area contributed by atoms with E-state index in [-0.39, 0.29) is 0 Å². The molecule has 0 spiro atoms. The number of rotatable bonds is 3. The maximum Gasteiger partial charge on any atom is 0.0642 e. The van der Waals surface area contributed by atoms with Gasteiger partial charge in [-0.1, -0.05) is 0 Å². The molecule has 0 radical (unpaired) electrons. The normalized spacial score (nSPS) is 27.4. The van der Waals surface area contributed by atoms with Crippen molar-refractivity contribution in [3.63, 3.8) is 0 Å². The summed E-state index contributed by atoms with van der Waals surface area (Å²) in [7, 11) is 0. The summed E-state index contributed by atoms with van der Waals surface area (Å²) >= 11 is 0. The molecule has 3 N–H and O–H groups in total. The highest BCUT2D eigenvalue weighted by atomic mass is 16.5. The zero-order valence-corrected chi connectivity index (χ0v) is 12.1. The average molecular weight is 275 g/mol. The van der Waals surface area contributed by atoms with Crippen LogP contribution >= 0.6 is 0 Å². The predicted molar refractivity (Wildman–Crippen MR) is 83.3 cm³/mol. The van der Waals surface area contributed by atoms with Gasteiger partial charge in [-0.05, 0) is 49.9 Å². The quantitative estimate of drug-likeness (QED) is 0.888. The van der Waals surface area contributed by atoms with Crippen molar-refractivity contribution in [2.24, 2.45) is 5.73 Å². The zero-order valence-electron chi connectivity index (χ0n) is 12.1. The smallest absolute Gasteiger partial charge is 0.0642 e. The predicted octanol–water partition coefficient (Wildman–Crippen LogP) is 2.20. The summed E-state index contributed by atoms with van der Waals surface area (Å²) in [6.45, 7) is 3.66. The van der Waals surface area contributed by atoms with E-state index >= 15 is 0 Å². The third-order valence-electron chi connectivity index (χ3n) is 4.39. The van der Waals surface area contributed by atoms with E-state index in [0.29, 0.717) is 12.1 Å². The number of benzene rings is 1. The van der Waals surface area contributed by atoms with Gasteiger partial charge in [0.05, 0.1) is 13.2 Å². The largest absolute Gasteiger partial charge is 0.382 e. The monoisotopic (exact) mass is 275 g/mol. The Morgan fingerprint density at radius 3 is 2.30 bits per heavy atom. The first-order valence-corrected chi connectivity index (χ1v) is 7.76. The average Bonchev–Trinajstić information content (AvgIpc) is 2.51. The number of nitrogens with one attached hydrogen (secondary N) is 1. The Morgan fingerprint density at radius 2 is 1.65 bits per heavy atom. The summed E-state index contributed by atoms with van der Waals surface area (Å²) < 4.78 is 5.39.